The van der Waals surface area contributed by atoms with Gasteiger partial charge in [0.05, 0.1) is 0 Å². The van der Waals surface area contributed by atoms with Gasteiger partial charge in [0.2, 0.25) is 0 Å². The molecule has 0 aliphatic carbocycles. The Kier molecular flexibility index (Phi) is 3.70. The number of amides is 1. The van der Waals surface area contributed by atoms with Crippen LogP contribution in [0.4, 0.5) is 0 Å². The minimum absolute atomic E-state index is 0.0304. The summed E-state index contributed by atoms with van der Waals surface area (Å²) in [5.74, 6) is 0.0304. The molecule has 1 rings (SSSR count). The molecule has 0 bridgehead atoms. The molecular weight excluding hydrogens is 200 g/mol. The smallest absolute Gasteiger partial charge is 0.254 e. The van der Waals surface area contributed by atoms with Crippen LogP contribution in [0.25, 0.3) is 0 Å². The van der Waals surface area contributed by atoms with E-state index in [1.807, 2.05) is 52.1 Å². The van der Waals surface area contributed by atoms with Crippen LogP contribution in [0, 0.1) is 0 Å². The van der Waals surface area contributed by atoms with E-state index in [1.165, 1.54) is 0 Å². The molecule has 0 unspecified atom stereocenters. The lowest BCUT2D eigenvalue weighted by atomic mass is 10.0. The highest BCUT2D eigenvalue weighted by molar-refractivity contribution is 5.94. The number of benzene rings is 1. The predicted octanol–water partition coefficient (Wildman–Crippen LogP) is 2.02. The first-order valence-corrected chi connectivity index (χ1v) is 5.43. The Morgan fingerprint density at radius 3 is 2.50 bits per heavy atom. The molecule has 1 aromatic rings. The third kappa shape index (κ3) is 2.83. The maximum Gasteiger partial charge on any atom is 0.254 e. The monoisotopic (exact) mass is 220 g/mol. The first kappa shape index (κ1) is 12.7. The van der Waals surface area contributed by atoms with Crippen molar-refractivity contribution in [3.05, 3.63) is 35.4 Å². The zero-order chi connectivity index (χ0) is 12.3. The minimum atomic E-state index is -0.171. The van der Waals surface area contributed by atoms with Crippen molar-refractivity contribution in [1.82, 2.24) is 4.90 Å². The van der Waals surface area contributed by atoms with Crippen molar-refractivity contribution < 1.29 is 4.79 Å². The maximum atomic E-state index is 12.1. The zero-order valence-electron chi connectivity index (χ0n) is 10.4. The Labute approximate surface area is 97.2 Å². The van der Waals surface area contributed by atoms with Gasteiger partial charge in [0.15, 0.2) is 0 Å². The van der Waals surface area contributed by atoms with E-state index in [0.717, 1.165) is 5.56 Å². The number of carbonyl (C=O) groups is 1. The molecule has 0 aromatic heterocycles. The van der Waals surface area contributed by atoms with Crippen molar-refractivity contribution in [2.45, 2.75) is 32.9 Å². The van der Waals surface area contributed by atoms with Gasteiger partial charge in [-0.3, -0.25) is 4.79 Å². The lowest BCUT2D eigenvalue weighted by Gasteiger charge is -2.32. The van der Waals surface area contributed by atoms with Crippen molar-refractivity contribution in [3.8, 4) is 0 Å². The first-order chi connectivity index (χ1) is 7.36. The molecule has 0 aliphatic heterocycles. The molecule has 0 saturated carbocycles. The summed E-state index contributed by atoms with van der Waals surface area (Å²) in [5.41, 5.74) is 7.06. The summed E-state index contributed by atoms with van der Waals surface area (Å²) in [6.45, 7) is 6.49. The summed E-state index contributed by atoms with van der Waals surface area (Å²) in [4.78, 5) is 13.9. The number of hydrogen-bond acceptors (Lipinski definition) is 2. The summed E-state index contributed by atoms with van der Waals surface area (Å²) >= 11 is 0. The van der Waals surface area contributed by atoms with E-state index in [1.54, 1.807) is 4.90 Å². The van der Waals surface area contributed by atoms with Crippen LogP contribution >= 0.6 is 0 Å². The molecule has 0 heterocycles. The summed E-state index contributed by atoms with van der Waals surface area (Å²) in [7, 11) is 1.82. The molecule has 3 heteroatoms. The summed E-state index contributed by atoms with van der Waals surface area (Å²) in [6.07, 6.45) is 0. The molecule has 0 fully saturated rings. The molecule has 0 spiro atoms. The molecule has 2 N–H and O–H groups in total. The third-order valence-corrected chi connectivity index (χ3v) is 2.72. The summed E-state index contributed by atoms with van der Waals surface area (Å²) in [6, 6.07) is 7.47. The van der Waals surface area contributed by atoms with Crippen LogP contribution in [0.3, 0.4) is 0 Å². The lowest BCUT2D eigenvalue weighted by molar-refractivity contribution is 0.0655. The highest BCUT2D eigenvalue weighted by Gasteiger charge is 2.23. The van der Waals surface area contributed by atoms with E-state index in [0.29, 0.717) is 12.1 Å². The topological polar surface area (TPSA) is 46.3 Å². The SMILES string of the molecule is CN(C(=O)c1cccc(CN)c1)C(C)(C)C. The van der Waals surface area contributed by atoms with Crippen LogP contribution < -0.4 is 5.73 Å². The van der Waals surface area contributed by atoms with Crippen LogP contribution in [-0.4, -0.2) is 23.4 Å². The van der Waals surface area contributed by atoms with E-state index in [2.05, 4.69) is 0 Å². The molecule has 0 saturated heterocycles. The van der Waals surface area contributed by atoms with Crippen molar-refractivity contribution in [2.24, 2.45) is 5.73 Å². The number of rotatable bonds is 2. The fourth-order valence-electron chi connectivity index (χ4n) is 1.33. The van der Waals surface area contributed by atoms with Gasteiger partial charge < -0.3 is 10.6 Å². The molecule has 0 aliphatic rings. The van der Waals surface area contributed by atoms with Crippen LogP contribution in [-0.2, 0) is 6.54 Å². The largest absolute Gasteiger partial charge is 0.337 e. The summed E-state index contributed by atoms with van der Waals surface area (Å²) in [5, 5.41) is 0. The molecule has 0 radical (unpaired) electrons. The van der Waals surface area contributed by atoms with Gasteiger partial charge in [0.1, 0.15) is 0 Å². The maximum absolute atomic E-state index is 12.1. The molecule has 1 aromatic carbocycles. The normalized spacial score (nSPS) is 11.3. The van der Waals surface area contributed by atoms with Crippen LogP contribution in [0.2, 0.25) is 0 Å². The number of hydrogen-bond donors (Lipinski definition) is 1. The van der Waals surface area contributed by atoms with E-state index >= 15 is 0 Å². The fourth-order valence-corrected chi connectivity index (χ4v) is 1.33. The number of nitrogens with two attached hydrogens (primary N) is 1. The van der Waals surface area contributed by atoms with Gasteiger partial charge in [-0.25, -0.2) is 0 Å². The second-order valence-electron chi connectivity index (χ2n) is 4.94. The standard InChI is InChI=1S/C13H20N2O/c1-13(2,3)15(4)12(16)11-7-5-6-10(8-11)9-14/h5-8H,9,14H2,1-4H3. The van der Waals surface area contributed by atoms with Gasteiger partial charge in [-0.1, -0.05) is 12.1 Å². The van der Waals surface area contributed by atoms with Gasteiger partial charge in [-0.2, -0.15) is 0 Å². The van der Waals surface area contributed by atoms with Gasteiger partial charge in [0.25, 0.3) is 5.91 Å². The first-order valence-electron chi connectivity index (χ1n) is 5.43. The van der Waals surface area contributed by atoms with Gasteiger partial charge in [-0.15, -0.1) is 0 Å². The zero-order valence-corrected chi connectivity index (χ0v) is 10.4. The Hall–Kier alpha value is -1.35. The van der Waals surface area contributed by atoms with Crippen molar-refractivity contribution in [1.29, 1.82) is 0 Å². The summed E-state index contributed by atoms with van der Waals surface area (Å²) < 4.78 is 0. The lowest BCUT2D eigenvalue weighted by Crippen LogP contribution is -2.42. The molecule has 0 atom stereocenters. The molecular formula is C13H20N2O. The molecule has 88 valence electrons. The third-order valence-electron chi connectivity index (χ3n) is 2.72. The van der Waals surface area contributed by atoms with E-state index in [9.17, 15) is 4.79 Å². The number of nitrogens with zero attached hydrogens (tertiary/aromatic N) is 1. The Morgan fingerprint density at radius 2 is 2.00 bits per heavy atom. The Balaban J connectivity index is 2.96. The highest BCUT2D eigenvalue weighted by Crippen LogP contribution is 2.15. The van der Waals surface area contributed by atoms with Crippen molar-refractivity contribution in [3.63, 3.8) is 0 Å². The van der Waals surface area contributed by atoms with E-state index in [4.69, 9.17) is 5.73 Å². The van der Waals surface area contributed by atoms with Crippen LogP contribution in [0.1, 0.15) is 36.7 Å². The van der Waals surface area contributed by atoms with Gasteiger partial charge in [0, 0.05) is 24.7 Å². The fraction of sp³-hybridized carbons (Fsp3) is 0.462. The second-order valence-corrected chi connectivity index (χ2v) is 4.94. The Morgan fingerprint density at radius 1 is 1.38 bits per heavy atom. The minimum Gasteiger partial charge on any atom is -0.337 e. The van der Waals surface area contributed by atoms with Crippen molar-refractivity contribution in [2.75, 3.05) is 7.05 Å². The average Bonchev–Trinajstić information content (AvgIpc) is 2.26. The van der Waals surface area contributed by atoms with E-state index in [-0.39, 0.29) is 11.4 Å². The molecule has 16 heavy (non-hydrogen) atoms. The van der Waals surface area contributed by atoms with E-state index < -0.39 is 0 Å². The highest BCUT2D eigenvalue weighted by atomic mass is 16.2. The quantitative estimate of drug-likeness (QED) is 0.828. The van der Waals surface area contributed by atoms with Gasteiger partial charge in [-0.05, 0) is 38.5 Å². The van der Waals surface area contributed by atoms with Crippen molar-refractivity contribution >= 4 is 5.91 Å². The molecule has 1 amide bonds. The second kappa shape index (κ2) is 4.66. The van der Waals surface area contributed by atoms with Crippen LogP contribution in [0.5, 0.6) is 0 Å². The predicted molar refractivity (Wildman–Crippen MR) is 66.2 cm³/mol. The Bertz CT molecular complexity index is 380. The van der Waals surface area contributed by atoms with Gasteiger partial charge >= 0.3 is 0 Å². The van der Waals surface area contributed by atoms with Crippen LogP contribution in [0.15, 0.2) is 24.3 Å². The average molecular weight is 220 g/mol. The molecule has 3 nitrogen and oxygen atoms in total. The number of carbonyl (C=O) groups excluding carboxylic acids is 1.